The minimum Gasteiger partial charge on any atom is -0.491 e. The summed E-state index contributed by atoms with van der Waals surface area (Å²) in [5, 5.41) is 16.3. The second-order valence-corrected chi connectivity index (χ2v) is 8.67. The predicted molar refractivity (Wildman–Crippen MR) is 128 cm³/mol. The van der Waals surface area contributed by atoms with E-state index in [4.69, 9.17) is 21.1 Å². The molecular weight excluding hydrogens is 476 g/mol. The molecule has 5 rings (SSSR count). The third-order valence-electron chi connectivity index (χ3n) is 5.93. The summed E-state index contributed by atoms with van der Waals surface area (Å²) in [5.41, 5.74) is 1.33. The molecule has 0 unspecified atom stereocenters. The Morgan fingerprint density at radius 2 is 1.94 bits per heavy atom. The molecule has 180 valence electrons. The van der Waals surface area contributed by atoms with Crippen molar-refractivity contribution in [2.45, 2.75) is 13.5 Å². The second kappa shape index (κ2) is 9.05. The van der Waals surface area contributed by atoms with Crippen LogP contribution in [-0.2, 0) is 11.3 Å². The van der Waals surface area contributed by atoms with Crippen LogP contribution in [0.3, 0.4) is 0 Å². The summed E-state index contributed by atoms with van der Waals surface area (Å²) >= 11 is 6.01. The van der Waals surface area contributed by atoms with Gasteiger partial charge in [-0.05, 0) is 48.9 Å². The van der Waals surface area contributed by atoms with Gasteiger partial charge in [0.05, 0.1) is 30.8 Å². The van der Waals surface area contributed by atoms with E-state index in [0.717, 1.165) is 5.01 Å². The van der Waals surface area contributed by atoms with Gasteiger partial charge in [0.25, 0.3) is 11.8 Å². The third kappa shape index (κ3) is 4.33. The van der Waals surface area contributed by atoms with Gasteiger partial charge in [0.1, 0.15) is 11.4 Å². The van der Waals surface area contributed by atoms with Gasteiger partial charge in [-0.2, -0.15) is 0 Å². The van der Waals surface area contributed by atoms with Gasteiger partial charge in [-0.25, -0.2) is 9.80 Å². The monoisotopic (exact) mass is 496 g/mol. The number of nitrogens with zero attached hydrogens (tertiary/aromatic N) is 3. The van der Waals surface area contributed by atoms with Crippen LogP contribution in [0.2, 0.25) is 5.02 Å². The molecule has 1 saturated heterocycles. The van der Waals surface area contributed by atoms with E-state index < -0.39 is 17.9 Å². The van der Waals surface area contributed by atoms with Gasteiger partial charge in [-0.15, -0.1) is 5.10 Å². The summed E-state index contributed by atoms with van der Waals surface area (Å²) in [7, 11) is 0. The SMILES string of the molecule is Cc1cc(C(=O)N2Cc3c([nH]c4cc(Cl)ccc4c3=O)C(O)=N2)ccc1OC(=O)N1CCOCC1. The van der Waals surface area contributed by atoms with Crippen LogP contribution in [0.4, 0.5) is 4.79 Å². The van der Waals surface area contributed by atoms with Crippen molar-refractivity contribution in [1.82, 2.24) is 14.9 Å². The summed E-state index contributed by atoms with van der Waals surface area (Å²) in [6.07, 6.45) is -0.481. The minimum absolute atomic E-state index is 0.126. The van der Waals surface area contributed by atoms with E-state index in [0.29, 0.717) is 53.5 Å². The number of hydrogen-bond donors (Lipinski definition) is 2. The molecule has 1 fully saturated rings. The number of H-pyrrole nitrogens is 1. The fourth-order valence-electron chi connectivity index (χ4n) is 4.06. The largest absolute Gasteiger partial charge is 0.491 e. The number of hydrazone groups is 1. The molecule has 10 nitrogen and oxygen atoms in total. The van der Waals surface area contributed by atoms with Gasteiger partial charge >= 0.3 is 6.09 Å². The number of aliphatic hydroxyl groups excluding tert-OH is 1. The Morgan fingerprint density at radius 1 is 1.17 bits per heavy atom. The number of morpholine rings is 1. The van der Waals surface area contributed by atoms with E-state index in [9.17, 15) is 19.5 Å². The van der Waals surface area contributed by atoms with Gasteiger partial charge in [0.15, 0.2) is 5.43 Å². The van der Waals surface area contributed by atoms with Crippen LogP contribution in [0, 0.1) is 6.92 Å². The van der Waals surface area contributed by atoms with Crippen molar-refractivity contribution in [1.29, 1.82) is 0 Å². The summed E-state index contributed by atoms with van der Waals surface area (Å²) in [4.78, 5) is 43.1. The molecule has 0 saturated carbocycles. The number of pyridine rings is 1. The summed E-state index contributed by atoms with van der Waals surface area (Å²) in [6.45, 7) is 3.41. The van der Waals surface area contributed by atoms with E-state index in [1.165, 1.54) is 12.1 Å². The van der Waals surface area contributed by atoms with Crippen molar-refractivity contribution in [3.63, 3.8) is 0 Å². The highest BCUT2D eigenvalue weighted by molar-refractivity contribution is 6.31. The number of ether oxygens (including phenoxy) is 2. The van der Waals surface area contributed by atoms with Crippen LogP contribution in [0.1, 0.15) is 27.2 Å². The number of amides is 2. The first kappa shape index (κ1) is 22.9. The molecule has 11 heteroatoms. The number of aromatic amines is 1. The van der Waals surface area contributed by atoms with Crippen molar-refractivity contribution in [2.24, 2.45) is 5.10 Å². The zero-order chi connectivity index (χ0) is 24.7. The lowest BCUT2D eigenvalue weighted by molar-refractivity contribution is 0.0415. The predicted octanol–water partition coefficient (Wildman–Crippen LogP) is 3.20. The average molecular weight is 497 g/mol. The highest BCUT2D eigenvalue weighted by Gasteiger charge is 2.28. The molecule has 1 aromatic heterocycles. The molecule has 3 aromatic rings. The van der Waals surface area contributed by atoms with Gasteiger partial charge in [0.2, 0.25) is 0 Å². The Hall–Kier alpha value is -3.89. The lowest BCUT2D eigenvalue weighted by atomic mass is 10.1. The Labute approximate surface area is 204 Å². The van der Waals surface area contributed by atoms with Crippen LogP contribution >= 0.6 is 11.6 Å². The van der Waals surface area contributed by atoms with Crippen molar-refractivity contribution in [2.75, 3.05) is 26.3 Å². The highest BCUT2D eigenvalue weighted by Crippen LogP contribution is 2.24. The third-order valence-corrected chi connectivity index (χ3v) is 6.17. The van der Waals surface area contributed by atoms with Crippen molar-refractivity contribution >= 4 is 40.4 Å². The second-order valence-electron chi connectivity index (χ2n) is 8.23. The molecule has 2 aliphatic heterocycles. The van der Waals surface area contributed by atoms with Crippen LogP contribution in [-0.4, -0.2) is 64.2 Å². The normalized spacial score (nSPS) is 15.5. The summed E-state index contributed by atoms with van der Waals surface area (Å²) in [5.74, 6) is -0.673. The molecule has 0 atom stereocenters. The number of halogens is 1. The molecule has 0 spiro atoms. The molecule has 0 aliphatic carbocycles. The molecule has 0 radical (unpaired) electrons. The summed E-state index contributed by atoms with van der Waals surface area (Å²) < 4.78 is 10.7. The zero-order valence-electron chi connectivity index (χ0n) is 18.7. The first-order valence-electron chi connectivity index (χ1n) is 10.9. The number of fused-ring (bicyclic) bond motifs is 2. The molecule has 2 amide bonds. The maximum Gasteiger partial charge on any atom is 0.415 e. The summed E-state index contributed by atoms with van der Waals surface area (Å²) in [6, 6.07) is 9.38. The quantitative estimate of drug-likeness (QED) is 0.561. The number of benzene rings is 2. The zero-order valence-corrected chi connectivity index (χ0v) is 19.5. The number of aliphatic hydroxyl groups is 1. The fourth-order valence-corrected chi connectivity index (χ4v) is 4.24. The molecule has 35 heavy (non-hydrogen) atoms. The first-order valence-corrected chi connectivity index (χ1v) is 11.3. The van der Waals surface area contributed by atoms with Crippen LogP contribution in [0.5, 0.6) is 5.75 Å². The lowest BCUT2D eigenvalue weighted by Crippen LogP contribution is -2.42. The van der Waals surface area contributed by atoms with E-state index >= 15 is 0 Å². The first-order chi connectivity index (χ1) is 16.8. The van der Waals surface area contributed by atoms with E-state index in [-0.39, 0.29) is 28.8 Å². The molecule has 2 aromatic carbocycles. The van der Waals surface area contributed by atoms with Crippen molar-refractivity contribution in [3.8, 4) is 5.75 Å². The Balaban J connectivity index is 1.38. The molecule has 3 heterocycles. The number of carbonyl (C=O) groups is 2. The maximum absolute atomic E-state index is 13.2. The Bertz CT molecular complexity index is 1440. The number of aromatic nitrogens is 1. The Kier molecular flexibility index (Phi) is 5.91. The van der Waals surface area contributed by atoms with Gasteiger partial charge < -0.3 is 24.5 Å². The average Bonchev–Trinajstić information content (AvgIpc) is 2.85. The van der Waals surface area contributed by atoms with Gasteiger partial charge in [-0.1, -0.05) is 11.6 Å². The Morgan fingerprint density at radius 3 is 2.69 bits per heavy atom. The number of aryl methyl sites for hydroxylation is 1. The van der Waals surface area contributed by atoms with E-state index in [2.05, 4.69) is 10.1 Å². The number of nitrogens with one attached hydrogen (secondary N) is 1. The van der Waals surface area contributed by atoms with E-state index in [1.807, 2.05) is 0 Å². The molecule has 2 aliphatic rings. The van der Waals surface area contributed by atoms with Crippen LogP contribution < -0.4 is 10.2 Å². The molecule has 0 bridgehead atoms. The van der Waals surface area contributed by atoms with Crippen LogP contribution in [0.25, 0.3) is 10.9 Å². The standard InChI is InChI=1S/C24H21ClN4O6/c1-13-10-14(2-5-19(13)35-24(33)28-6-8-34-9-7-28)23(32)29-12-17-20(22(31)27-29)26-18-11-15(25)3-4-16(18)21(17)30/h2-5,10-11H,6-9,12H2,1H3,(H,26,30)(H,27,31). The number of rotatable bonds is 2. The highest BCUT2D eigenvalue weighted by atomic mass is 35.5. The van der Waals surface area contributed by atoms with Crippen LogP contribution in [0.15, 0.2) is 46.3 Å². The van der Waals surface area contributed by atoms with E-state index in [1.54, 1.807) is 36.1 Å². The lowest BCUT2D eigenvalue weighted by Gasteiger charge is -2.26. The number of carbonyl (C=O) groups excluding carboxylic acids is 2. The minimum atomic E-state index is -0.521. The van der Waals surface area contributed by atoms with Gasteiger partial charge in [0, 0.05) is 29.1 Å². The van der Waals surface area contributed by atoms with Gasteiger partial charge in [-0.3, -0.25) is 9.59 Å². The maximum atomic E-state index is 13.2. The van der Waals surface area contributed by atoms with Crippen molar-refractivity contribution in [3.05, 3.63) is 74.0 Å². The fraction of sp³-hybridized carbons (Fsp3) is 0.250. The topological polar surface area (TPSA) is 125 Å². The smallest absolute Gasteiger partial charge is 0.415 e. The van der Waals surface area contributed by atoms with Crippen molar-refractivity contribution < 1.29 is 24.2 Å². The molecular formula is C24H21ClN4O6. The molecule has 2 N–H and O–H groups in total. The number of hydrogen-bond acceptors (Lipinski definition) is 6.